The largest absolute Gasteiger partial charge is 0.269 e. The maximum Gasteiger partial charge on any atom is 0.269 e. The number of thiophene rings is 1. The number of non-ortho nitro benzene ring substituents is 1. The lowest BCUT2D eigenvalue weighted by atomic mass is 10.3. The molecule has 0 bridgehead atoms. The molecule has 2 aromatic carbocycles. The molecule has 1 heterocycles. The van der Waals surface area contributed by atoms with Crippen LogP contribution in [-0.2, 0) is 19.9 Å². The molecule has 0 aliphatic carbocycles. The summed E-state index contributed by atoms with van der Waals surface area (Å²) in [5.41, 5.74) is -0.254. The molecule has 1 N–H and O–H groups in total. The minimum atomic E-state index is -4.09. The van der Waals surface area contributed by atoms with E-state index in [0.29, 0.717) is 9.90 Å². The predicted molar refractivity (Wildman–Crippen MR) is 114 cm³/mol. The summed E-state index contributed by atoms with van der Waals surface area (Å²) >= 11 is 7.03. The monoisotopic (exact) mass is 486 g/mol. The molecule has 3 aromatic rings. The summed E-state index contributed by atoms with van der Waals surface area (Å²) in [4.78, 5) is 10.4. The maximum absolute atomic E-state index is 13.2. The van der Waals surface area contributed by atoms with Gasteiger partial charge in [-0.2, -0.15) is 0 Å². The highest BCUT2D eigenvalue weighted by atomic mass is 35.5. The summed E-state index contributed by atoms with van der Waals surface area (Å²) in [7, 11) is -8.02. The number of sulfone groups is 1. The van der Waals surface area contributed by atoms with Crippen molar-refractivity contribution >= 4 is 48.5 Å². The molecular formula is C18H15ClN2O6S3. The van der Waals surface area contributed by atoms with E-state index in [2.05, 4.69) is 4.72 Å². The van der Waals surface area contributed by atoms with E-state index in [-0.39, 0.29) is 15.5 Å². The second-order valence-corrected chi connectivity index (χ2v) is 11.4. The van der Waals surface area contributed by atoms with Gasteiger partial charge in [0.1, 0.15) is 5.25 Å². The van der Waals surface area contributed by atoms with Crippen LogP contribution >= 0.6 is 22.9 Å². The zero-order valence-corrected chi connectivity index (χ0v) is 18.3. The van der Waals surface area contributed by atoms with Gasteiger partial charge in [-0.15, -0.1) is 11.3 Å². The van der Waals surface area contributed by atoms with Crippen molar-refractivity contribution in [1.29, 1.82) is 0 Å². The van der Waals surface area contributed by atoms with Gasteiger partial charge in [0.25, 0.3) is 5.69 Å². The minimum Gasteiger partial charge on any atom is -0.258 e. The van der Waals surface area contributed by atoms with E-state index in [0.717, 1.165) is 24.3 Å². The average molecular weight is 487 g/mol. The van der Waals surface area contributed by atoms with Crippen molar-refractivity contribution < 1.29 is 21.8 Å². The van der Waals surface area contributed by atoms with Crippen LogP contribution in [0.4, 0.5) is 5.69 Å². The van der Waals surface area contributed by atoms with Crippen LogP contribution < -0.4 is 4.72 Å². The Morgan fingerprint density at radius 2 is 1.57 bits per heavy atom. The van der Waals surface area contributed by atoms with Crippen LogP contribution in [0.5, 0.6) is 0 Å². The summed E-state index contributed by atoms with van der Waals surface area (Å²) in [5, 5.41) is 11.7. The number of nitro groups is 1. The molecule has 0 aliphatic rings. The van der Waals surface area contributed by atoms with Crippen LogP contribution in [0.2, 0.25) is 5.02 Å². The van der Waals surface area contributed by atoms with Crippen LogP contribution in [0, 0.1) is 10.1 Å². The summed E-state index contributed by atoms with van der Waals surface area (Å²) in [6.45, 7) is -0.412. The Morgan fingerprint density at radius 1 is 0.967 bits per heavy atom. The van der Waals surface area contributed by atoms with Crippen LogP contribution in [-0.4, -0.2) is 28.3 Å². The normalized spacial score (nSPS) is 13.1. The molecule has 8 nitrogen and oxygen atoms in total. The first kappa shape index (κ1) is 22.4. The number of nitro benzene ring substituents is 1. The third kappa shape index (κ3) is 4.87. The first-order valence-electron chi connectivity index (χ1n) is 8.38. The molecule has 0 radical (unpaired) electrons. The van der Waals surface area contributed by atoms with E-state index in [4.69, 9.17) is 11.6 Å². The van der Waals surface area contributed by atoms with Gasteiger partial charge in [0.15, 0.2) is 9.84 Å². The highest BCUT2D eigenvalue weighted by molar-refractivity contribution is 7.92. The van der Waals surface area contributed by atoms with Crippen molar-refractivity contribution in [3.63, 3.8) is 0 Å². The first-order chi connectivity index (χ1) is 14.1. The average Bonchev–Trinajstić information content (AvgIpc) is 3.22. The van der Waals surface area contributed by atoms with Gasteiger partial charge in [0, 0.05) is 28.6 Å². The van der Waals surface area contributed by atoms with E-state index in [9.17, 15) is 26.9 Å². The fourth-order valence-corrected chi connectivity index (χ4v) is 6.70. The number of hydrogen-bond donors (Lipinski definition) is 1. The van der Waals surface area contributed by atoms with Gasteiger partial charge in [0.05, 0.1) is 14.7 Å². The van der Waals surface area contributed by atoms with Crippen LogP contribution in [0.1, 0.15) is 10.1 Å². The van der Waals surface area contributed by atoms with Crippen molar-refractivity contribution in [3.05, 3.63) is 86.1 Å². The standard InChI is InChI=1S/C18H15ClN2O6S3/c19-13-3-7-15(8-4-13)29(24,25)18(17-2-1-11-28-17)12-20-30(26,27)16-9-5-14(6-10-16)21(22)23/h1-11,18,20H,12H2. The SMILES string of the molecule is O=[N+]([O-])c1ccc(S(=O)(=O)NCC(c2cccs2)S(=O)(=O)c2ccc(Cl)cc2)cc1. The fourth-order valence-electron chi connectivity index (χ4n) is 2.64. The predicted octanol–water partition coefficient (Wildman–Crippen LogP) is 3.80. The quantitative estimate of drug-likeness (QED) is 0.381. The molecule has 0 saturated heterocycles. The van der Waals surface area contributed by atoms with Gasteiger partial charge >= 0.3 is 0 Å². The number of benzene rings is 2. The lowest BCUT2D eigenvalue weighted by molar-refractivity contribution is -0.384. The first-order valence-corrected chi connectivity index (χ1v) is 12.7. The Morgan fingerprint density at radius 3 is 2.10 bits per heavy atom. The fraction of sp³-hybridized carbons (Fsp3) is 0.111. The van der Waals surface area contributed by atoms with Gasteiger partial charge in [-0.05, 0) is 47.8 Å². The van der Waals surface area contributed by atoms with Gasteiger partial charge in [-0.25, -0.2) is 21.6 Å². The Bertz CT molecular complexity index is 1240. The highest BCUT2D eigenvalue weighted by Crippen LogP contribution is 2.32. The molecule has 0 spiro atoms. The third-order valence-electron chi connectivity index (χ3n) is 4.19. The van der Waals surface area contributed by atoms with E-state index >= 15 is 0 Å². The number of rotatable bonds is 8. The third-order valence-corrected chi connectivity index (χ3v) is 9.12. The number of nitrogens with one attached hydrogen (secondary N) is 1. The number of sulfonamides is 1. The maximum atomic E-state index is 13.2. The smallest absolute Gasteiger partial charge is 0.258 e. The van der Waals surface area contributed by atoms with Crippen molar-refractivity contribution in [2.24, 2.45) is 0 Å². The zero-order valence-electron chi connectivity index (χ0n) is 15.1. The van der Waals surface area contributed by atoms with Crippen molar-refractivity contribution in [1.82, 2.24) is 4.72 Å². The van der Waals surface area contributed by atoms with Crippen molar-refractivity contribution in [2.45, 2.75) is 15.0 Å². The number of halogens is 1. The van der Waals surface area contributed by atoms with E-state index in [1.807, 2.05) is 0 Å². The van der Waals surface area contributed by atoms with Crippen molar-refractivity contribution in [3.8, 4) is 0 Å². The lowest BCUT2D eigenvalue weighted by Crippen LogP contribution is -2.31. The molecule has 1 unspecified atom stereocenters. The van der Waals surface area contributed by atoms with Crippen molar-refractivity contribution in [2.75, 3.05) is 6.54 Å². The highest BCUT2D eigenvalue weighted by Gasteiger charge is 2.31. The zero-order chi connectivity index (χ0) is 21.9. The van der Waals surface area contributed by atoms with Gasteiger partial charge in [-0.1, -0.05) is 17.7 Å². The topological polar surface area (TPSA) is 123 Å². The molecule has 0 saturated carbocycles. The molecule has 0 amide bonds. The van der Waals surface area contributed by atoms with Crippen LogP contribution in [0.3, 0.4) is 0 Å². The Balaban J connectivity index is 1.89. The van der Waals surface area contributed by atoms with E-state index in [1.165, 1.54) is 35.6 Å². The summed E-state index contributed by atoms with van der Waals surface area (Å²) in [5.74, 6) is 0. The molecule has 1 atom stereocenters. The van der Waals surface area contributed by atoms with Crippen LogP contribution in [0.25, 0.3) is 0 Å². The summed E-state index contributed by atoms with van der Waals surface area (Å²) in [6, 6.07) is 13.2. The Hall–Kier alpha value is -2.31. The lowest BCUT2D eigenvalue weighted by Gasteiger charge is -2.17. The second-order valence-electron chi connectivity index (χ2n) is 6.11. The number of nitrogens with zero attached hydrogens (tertiary/aromatic N) is 1. The molecule has 158 valence electrons. The summed E-state index contributed by atoms with van der Waals surface area (Å²) < 4.78 is 53.9. The van der Waals surface area contributed by atoms with E-state index < -0.39 is 36.6 Å². The van der Waals surface area contributed by atoms with Gasteiger partial charge in [0.2, 0.25) is 10.0 Å². The van der Waals surface area contributed by atoms with Gasteiger partial charge < -0.3 is 0 Å². The molecule has 30 heavy (non-hydrogen) atoms. The molecular weight excluding hydrogens is 472 g/mol. The van der Waals surface area contributed by atoms with Crippen LogP contribution in [0.15, 0.2) is 75.8 Å². The van der Waals surface area contributed by atoms with E-state index in [1.54, 1.807) is 17.5 Å². The minimum absolute atomic E-state index is 0.0137. The summed E-state index contributed by atoms with van der Waals surface area (Å²) in [6.07, 6.45) is 0. The molecule has 3 rings (SSSR count). The molecule has 0 fully saturated rings. The molecule has 12 heteroatoms. The number of hydrogen-bond acceptors (Lipinski definition) is 7. The molecule has 1 aromatic heterocycles. The Kier molecular flexibility index (Phi) is 6.58. The van der Waals surface area contributed by atoms with Gasteiger partial charge in [-0.3, -0.25) is 10.1 Å². The second kappa shape index (κ2) is 8.82. The molecule has 0 aliphatic heterocycles. The Labute approximate surface area is 182 Å².